The van der Waals surface area contributed by atoms with Gasteiger partial charge in [0, 0.05) is 0 Å². The van der Waals surface area contributed by atoms with Gasteiger partial charge in [0.1, 0.15) is 5.75 Å². The van der Waals surface area contributed by atoms with Crippen molar-refractivity contribution in [3.8, 4) is 5.75 Å². The smallest absolute Gasteiger partial charge is 0.119 e. The van der Waals surface area contributed by atoms with Crippen LogP contribution in [0.25, 0.3) is 0 Å². The molecule has 0 saturated heterocycles. The predicted molar refractivity (Wildman–Crippen MR) is 90.3 cm³/mol. The van der Waals surface area contributed by atoms with Crippen LogP contribution in [0.4, 0.5) is 0 Å². The van der Waals surface area contributed by atoms with Crippen LogP contribution in [0.3, 0.4) is 0 Å². The first-order valence-electron chi connectivity index (χ1n) is 8.83. The molecule has 2 aliphatic rings. The highest BCUT2D eigenvalue weighted by molar-refractivity contribution is 5.38. The number of fused-ring (bicyclic) bond motifs is 1. The van der Waals surface area contributed by atoms with Crippen LogP contribution < -0.4 is 4.74 Å². The molecule has 2 aliphatic carbocycles. The highest BCUT2D eigenvalue weighted by atomic mass is 16.5. The summed E-state index contributed by atoms with van der Waals surface area (Å²) in [6.07, 6.45) is 5.67. The summed E-state index contributed by atoms with van der Waals surface area (Å²) in [7, 11) is 1.73. The maximum atomic E-state index is 10.5. The van der Waals surface area contributed by atoms with E-state index in [-0.39, 0.29) is 11.5 Å². The van der Waals surface area contributed by atoms with E-state index in [1.54, 1.807) is 7.11 Å². The molecule has 0 bridgehead atoms. The fourth-order valence-electron chi connectivity index (χ4n) is 5.41. The van der Waals surface area contributed by atoms with Gasteiger partial charge < -0.3 is 9.84 Å². The fraction of sp³-hybridized carbons (Fsp3) is 0.700. The van der Waals surface area contributed by atoms with Crippen LogP contribution in [-0.4, -0.2) is 18.3 Å². The van der Waals surface area contributed by atoms with E-state index < -0.39 is 0 Å². The molecule has 5 atom stereocenters. The monoisotopic (exact) mass is 302 g/mol. The van der Waals surface area contributed by atoms with Crippen molar-refractivity contribution in [2.45, 2.75) is 64.9 Å². The SMILES string of the molecule is CCC1C(c2ccc(OC)cc2C)CCC2(C)C(O)CCC12. The maximum absolute atomic E-state index is 10.5. The summed E-state index contributed by atoms with van der Waals surface area (Å²) in [5.41, 5.74) is 3.00. The van der Waals surface area contributed by atoms with Crippen LogP contribution in [0.15, 0.2) is 18.2 Å². The third kappa shape index (κ3) is 2.36. The minimum Gasteiger partial charge on any atom is -0.497 e. The Morgan fingerprint density at radius 2 is 2.05 bits per heavy atom. The number of hydrogen-bond donors (Lipinski definition) is 1. The quantitative estimate of drug-likeness (QED) is 0.878. The number of hydrogen-bond acceptors (Lipinski definition) is 2. The lowest BCUT2D eigenvalue weighted by atomic mass is 9.57. The van der Waals surface area contributed by atoms with Gasteiger partial charge in [0.05, 0.1) is 13.2 Å². The predicted octanol–water partition coefficient (Wildman–Crippen LogP) is 4.68. The molecule has 122 valence electrons. The number of benzene rings is 1. The summed E-state index contributed by atoms with van der Waals surface area (Å²) in [4.78, 5) is 0. The van der Waals surface area contributed by atoms with Gasteiger partial charge in [0.25, 0.3) is 0 Å². The maximum Gasteiger partial charge on any atom is 0.119 e. The molecule has 5 unspecified atom stereocenters. The summed E-state index contributed by atoms with van der Waals surface area (Å²) in [5, 5.41) is 10.5. The van der Waals surface area contributed by atoms with Crippen LogP contribution in [0.5, 0.6) is 5.75 Å². The second kappa shape index (κ2) is 5.88. The van der Waals surface area contributed by atoms with Gasteiger partial charge in [-0.2, -0.15) is 0 Å². The van der Waals surface area contributed by atoms with E-state index in [9.17, 15) is 5.11 Å². The Morgan fingerprint density at radius 1 is 1.27 bits per heavy atom. The molecule has 0 aromatic heterocycles. The second-order valence-corrected chi connectivity index (χ2v) is 7.65. The number of aryl methyl sites for hydroxylation is 1. The zero-order valence-electron chi connectivity index (χ0n) is 14.4. The average Bonchev–Trinajstić information content (AvgIpc) is 2.82. The summed E-state index contributed by atoms with van der Waals surface area (Å²) in [5.74, 6) is 2.96. The largest absolute Gasteiger partial charge is 0.497 e. The van der Waals surface area contributed by atoms with E-state index in [1.165, 1.54) is 30.4 Å². The van der Waals surface area contributed by atoms with E-state index >= 15 is 0 Å². The molecular formula is C20H30O2. The van der Waals surface area contributed by atoms with Crippen molar-refractivity contribution in [3.05, 3.63) is 29.3 Å². The van der Waals surface area contributed by atoms with Gasteiger partial charge in [-0.25, -0.2) is 0 Å². The summed E-state index contributed by atoms with van der Waals surface area (Å²) in [6, 6.07) is 6.54. The lowest BCUT2D eigenvalue weighted by Gasteiger charge is -2.48. The van der Waals surface area contributed by atoms with Crippen LogP contribution in [0, 0.1) is 24.2 Å². The number of methoxy groups -OCH3 is 1. The van der Waals surface area contributed by atoms with Crippen molar-refractivity contribution in [2.75, 3.05) is 7.11 Å². The first kappa shape index (κ1) is 15.9. The molecule has 0 radical (unpaired) electrons. The normalized spacial score (nSPS) is 37.9. The minimum atomic E-state index is -0.0931. The van der Waals surface area contributed by atoms with Gasteiger partial charge in [-0.15, -0.1) is 0 Å². The average molecular weight is 302 g/mol. The van der Waals surface area contributed by atoms with E-state index in [1.807, 2.05) is 0 Å². The Hall–Kier alpha value is -1.02. The molecule has 1 N–H and O–H groups in total. The number of aliphatic hydroxyl groups is 1. The van der Waals surface area contributed by atoms with Crippen molar-refractivity contribution in [1.29, 1.82) is 0 Å². The van der Waals surface area contributed by atoms with Gasteiger partial charge in [-0.1, -0.05) is 26.3 Å². The zero-order chi connectivity index (χ0) is 15.9. The molecule has 2 nitrogen and oxygen atoms in total. The standard InChI is InChI=1S/C20H30O2/c1-5-15-17(16-7-6-14(22-4)12-13(16)2)10-11-20(3)18(15)8-9-19(20)21/h6-7,12,15,17-19,21H,5,8-11H2,1-4H3. The van der Waals surface area contributed by atoms with E-state index in [0.29, 0.717) is 17.8 Å². The molecular weight excluding hydrogens is 272 g/mol. The van der Waals surface area contributed by atoms with Gasteiger partial charge >= 0.3 is 0 Å². The Balaban J connectivity index is 1.92. The molecule has 0 spiro atoms. The van der Waals surface area contributed by atoms with Crippen LogP contribution in [0.1, 0.15) is 63.0 Å². The number of ether oxygens (including phenoxy) is 1. The van der Waals surface area contributed by atoms with Crippen molar-refractivity contribution < 1.29 is 9.84 Å². The topological polar surface area (TPSA) is 29.5 Å². The Labute approximate surface area is 134 Å². The molecule has 2 fully saturated rings. The summed E-state index contributed by atoms with van der Waals surface area (Å²) < 4.78 is 5.36. The van der Waals surface area contributed by atoms with Gasteiger partial charge in [0.15, 0.2) is 0 Å². The molecule has 2 saturated carbocycles. The fourth-order valence-corrected chi connectivity index (χ4v) is 5.41. The zero-order valence-corrected chi connectivity index (χ0v) is 14.4. The van der Waals surface area contributed by atoms with Crippen molar-refractivity contribution >= 4 is 0 Å². The Kier molecular flexibility index (Phi) is 4.24. The van der Waals surface area contributed by atoms with E-state index in [0.717, 1.165) is 18.6 Å². The molecule has 3 rings (SSSR count). The van der Waals surface area contributed by atoms with Crippen LogP contribution >= 0.6 is 0 Å². The lowest BCUT2D eigenvalue weighted by molar-refractivity contribution is -0.0195. The van der Waals surface area contributed by atoms with Crippen molar-refractivity contribution in [2.24, 2.45) is 17.3 Å². The van der Waals surface area contributed by atoms with Crippen molar-refractivity contribution in [3.63, 3.8) is 0 Å². The third-order valence-corrected chi connectivity index (χ3v) is 6.73. The number of rotatable bonds is 3. The van der Waals surface area contributed by atoms with E-state index in [2.05, 4.69) is 39.0 Å². The summed E-state index contributed by atoms with van der Waals surface area (Å²) >= 11 is 0. The van der Waals surface area contributed by atoms with Gasteiger partial charge in [0.2, 0.25) is 0 Å². The first-order valence-corrected chi connectivity index (χ1v) is 8.83. The minimum absolute atomic E-state index is 0.0931. The Morgan fingerprint density at radius 3 is 2.68 bits per heavy atom. The molecule has 0 amide bonds. The second-order valence-electron chi connectivity index (χ2n) is 7.65. The molecule has 1 aromatic carbocycles. The lowest BCUT2D eigenvalue weighted by Crippen LogP contribution is -2.42. The molecule has 0 heterocycles. The first-order chi connectivity index (χ1) is 10.5. The van der Waals surface area contributed by atoms with Gasteiger partial charge in [-0.3, -0.25) is 0 Å². The molecule has 2 heteroatoms. The number of aliphatic hydroxyl groups excluding tert-OH is 1. The molecule has 0 aliphatic heterocycles. The highest BCUT2D eigenvalue weighted by Gasteiger charge is 2.53. The van der Waals surface area contributed by atoms with E-state index in [4.69, 9.17) is 4.74 Å². The van der Waals surface area contributed by atoms with Crippen LogP contribution in [0.2, 0.25) is 0 Å². The highest BCUT2D eigenvalue weighted by Crippen LogP contribution is 2.59. The Bertz CT molecular complexity index is 539. The van der Waals surface area contributed by atoms with Crippen molar-refractivity contribution in [1.82, 2.24) is 0 Å². The molecule has 1 aromatic rings. The molecule has 22 heavy (non-hydrogen) atoms. The summed E-state index contributed by atoms with van der Waals surface area (Å²) in [6.45, 7) is 6.87. The van der Waals surface area contributed by atoms with Gasteiger partial charge in [-0.05, 0) is 79.0 Å². The third-order valence-electron chi connectivity index (χ3n) is 6.73. The van der Waals surface area contributed by atoms with Crippen LogP contribution in [-0.2, 0) is 0 Å².